The Labute approximate surface area is 203 Å². The van der Waals surface area contributed by atoms with Crippen molar-refractivity contribution in [3.05, 3.63) is 39.2 Å². The van der Waals surface area contributed by atoms with Crippen LogP contribution in [0.2, 0.25) is 0 Å². The molecule has 0 aliphatic carbocycles. The van der Waals surface area contributed by atoms with E-state index >= 15 is 0 Å². The molecule has 0 bridgehead atoms. The number of nitro benzene ring substituents is 1. The molecule has 4 heterocycles. The molecule has 2 aliphatic rings. The third-order valence-corrected chi connectivity index (χ3v) is 6.06. The molecule has 3 N–H and O–H groups in total. The predicted octanol–water partition coefficient (Wildman–Crippen LogP) is 1.01. The smallest absolute Gasteiger partial charge is 0.293 e. The highest BCUT2D eigenvalue weighted by molar-refractivity contribution is 5.94. The average Bonchev–Trinajstić information content (AvgIpc) is 3.59. The third-order valence-electron chi connectivity index (χ3n) is 6.06. The van der Waals surface area contributed by atoms with Gasteiger partial charge in [-0.1, -0.05) is 11.6 Å². The number of hydrazone groups is 1. The number of fused-ring (bicyclic) bond motifs is 1. The first kappa shape index (κ1) is 23.2. The summed E-state index contributed by atoms with van der Waals surface area (Å²) < 4.78 is 16.4. The van der Waals surface area contributed by atoms with E-state index in [-0.39, 0.29) is 47.2 Å². The number of hydrogen-bond acceptors (Lipinski definition) is 13. The van der Waals surface area contributed by atoms with E-state index in [9.17, 15) is 14.9 Å². The molecular formula is C20H22N10O6. The highest BCUT2D eigenvalue weighted by Gasteiger charge is 2.28. The lowest BCUT2D eigenvalue weighted by atomic mass is 10.0. The van der Waals surface area contributed by atoms with Gasteiger partial charge in [-0.2, -0.15) is 9.78 Å². The molecule has 3 aromatic rings. The summed E-state index contributed by atoms with van der Waals surface area (Å²) in [5, 5.41) is 30.7. The number of nitrogens with one attached hydrogen (secondary N) is 1. The SMILES string of the molecule is C[C@@H]1CCCCN1Cc1c(C(=O)N/N=C/c2cc3c(cc2[N+](=O)[O-])OCO3)nnn1-c1nonc1N. The van der Waals surface area contributed by atoms with Gasteiger partial charge in [0.05, 0.1) is 28.5 Å². The van der Waals surface area contributed by atoms with E-state index < -0.39 is 10.8 Å². The van der Waals surface area contributed by atoms with Crippen LogP contribution in [0.5, 0.6) is 11.5 Å². The molecule has 1 amide bonds. The minimum absolute atomic E-state index is 0.00654. The quantitative estimate of drug-likeness (QED) is 0.266. The number of nitrogen functional groups attached to an aromatic ring is 1. The van der Waals surface area contributed by atoms with Crippen LogP contribution in [-0.2, 0) is 6.54 Å². The molecule has 36 heavy (non-hydrogen) atoms. The summed E-state index contributed by atoms with van der Waals surface area (Å²) in [7, 11) is 0. The normalized spacial score (nSPS) is 17.5. The number of benzene rings is 1. The predicted molar refractivity (Wildman–Crippen MR) is 122 cm³/mol. The Bertz CT molecular complexity index is 1330. The number of aromatic nitrogens is 5. The molecule has 1 atom stereocenters. The number of rotatable bonds is 7. The van der Waals surface area contributed by atoms with Crippen molar-refractivity contribution < 1.29 is 23.8 Å². The molecule has 1 saturated heterocycles. The van der Waals surface area contributed by atoms with E-state index in [0.29, 0.717) is 18.0 Å². The lowest BCUT2D eigenvalue weighted by molar-refractivity contribution is -0.385. The second-order valence-corrected chi connectivity index (χ2v) is 8.31. The van der Waals surface area contributed by atoms with Gasteiger partial charge >= 0.3 is 0 Å². The van der Waals surface area contributed by atoms with Gasteiger partial charge in [0.2, 0.25) is 18.4 Å². The molecular weight excluding hydrogens is 476 g/mol. The highest BCUT2D eigenvalue weighted by atomic mass is 16.7. The number of nitrogens with two attached hydrogens (primary N) is 1. The van der Waals surface area contributed by atoms with Gasteiger partial charge in [0, 0.05) is 12.6 Å². The first-order valence-electron chi connectivity index (χ1n) is 11.1. The topological polar surface area (TPSA) is 202 Å². The van der Waals surface area contributed by atoms with E-state index in [2.05, 4.69) is 47.6 Å². The number of anilines is 1. The third kappa shape index (κ3) is 4.40. The fourth-order valence-corrected chi connectivity index (χ4v) is 4.13. The van der Waals surface area contributed by atoms with Crippen LogP contribution in [0.3, 0.4) is 0 Å². The summed E-state index contributed by atoms with van der Waals surface area (Å²) in [5.41, 5.74) is 8.48. The van der Waals surface area contributed by atoms with E-state index in [1.165, 1.54) is 16.8 Å². The number of amides is 1. The number of hydrogen-bond donors (Lipinski definition) is 2. The molecule has 188 valence electrons. The number of carbonyl (C=O) groups excluding carboxylic acids is 1. The van der Waals surface area contributed by atoms with Gasteiger partial charge in [-0.15, -0.1) is 5.10 Å². The second kappa shape index (κ2) is 9.57. The van der Waals surface area contributed by atoms with E-state index in [4.69, 9.17) is 15.2 Å². The Morgan fingerprint density at radius 3 is 2.86 bits per heavy atom. The van der Waals surface area contributed by atoms with Crippen molar-refractivity contribution in [2.24, 2.45) is 5.10 Å². The molecule has 16 nitrogen and oxygen atoms in total. The lowest BCUT2D eigenvalue weighted by Gasteiger charge is -2.33. The Morgan fingerprint density at radius 1 is 1.33 bits per heavy atom. The number of likely N-dealkylation sites (tertiary alicyclic amines) is 1. The zero-order chi connectivity index (χ0) is 25.2. The van der Waals surface area contributed by atoms with Gasteiger partial charge in [-0.3, -0.25) is 19.8 Å². The number of piperidine rings is 1. The maximum atomic E-state index is 13.0. The summed E-state index contributed by atoms with van der Waals surface area (Å²) in [5.74, 6) is 0.0370. The molecule has 0 saturated carbocycles. The molecule has 0 radical (unpaired) electrons. The minimum Gasteiger partial charge on any atom is -0.454 e. The van der Waals surface area contributed by atoms with Crippen molar-refractivity contribution in [2.45, 2.75) is 38.8 Å². The van der Waals surface area contributed by atoms with E-state index in [1.807, 2.05) is 0 Å². The lowest BCUT2D eigenvalue weighted by Crippen LogP contribution is -2.38. The van der Waals surface area contributed by atoms with Crippen molar-refractivity contribution in [3.63, 3.8) is 0 Å². The summed E-state index contributed by atoms with van der Waals surface area (Å²) >= 11 is 0. The van der Waals surface area contributed by atoms with Gasteiger partial charge in [0.25, 0.3) is 11.6 Å². The number of carbonyl (C=O) groups is 1. The molecule has 5 rings (SSSR count). The molecule has 2 aromatic heterocycles. The van der Waals surface area contributed by atoms with Crippen molar-refractivity contribution in [3.8, 4) is 17.3 Å². The maximum Gasteiger partial charge on any atom is 0.293 e. The maximum absolute atomic E-state index is 13.0. The Hall–Kier alpha value is -4.60. The average molecular weight is 498 g/mol. The van der Waals surface area contributed by atoms with E-state index in [0.717, 1.165) is 32.0 Å². The zero-order valence-corrected chi connectivity index (χ0v) is 19.2. The van der Waals surface area contributed by atoms with Crippen LogP contribution in [0, 0.1) is 10.1 Å². The summed E-state index contributed by atoms with van der Waals surface area (Å²) in [6.45, 7) is 3.26. The van der Waals surface area contributed by atoms with Gasteiger partial charge in [0.1, 0.15) is 0 Å². The molecule has 16 heteroatoms. The van der Waals surface area contributed by atoms with Crippen molar-refractivity contribution >= 4 is 23.6 Å². The summed E-state index contributed by atoms with van der Waals surface area (Å²) in [6, 6.07) is 2.94. The minimum atomic E-state index is -0.671. The molecule has 0 unspecified atom stereocenters. The standard InChI is InChI=1S/C20H22N10O6/c1-11-4-2-3-5-28(11)9-14-17(23-27-29(14)19-18(21)25-36-26-19)20(31)24-22-8-12-6-15-16(35-10-34-15)7-13(12)30(32)33/h6-8,11H,2-5,9-10H2,1H3,(H2,21,25)(H,24,31)/b22-8+/t11-/m1/s1. The Morgan fingerprint density at radius 2 is 2.14 bits per heavy atom. The number of nitro groups is 1. The second-order valence-electron chi connectivity index (χ2n) is 8.31. The Balaban J connectivity index is 1.41. The van der Waals surface area contributed by atoms with Crippen molar-refractivity contribution in [2.75, 3.05) is 19.1 Å². The summed E-state index contributed by atoms with van der Waals surface area (Å²) in [6.07, 6.45) is 4.33. The number of ether oxygens (including phenoxy) is 2. The fourth-order valence-electron chi connectivity index (χ4n) is 4.13. The highest BCUT2D eigenvalue weighted by Crippen LogP contribution is 2.37. The van der Waals surface area contributed by atoms with E-state index in [1.54, 1.807) is 0 Å². The van der Waals surface area contributed by atoms with Gasteiger partial charge < -0.3 is 15.2 Å². The van der Waals surface area contributed by atoms with Crippen LogP contribution in [0.25, 0.3) is 5.82 Å². The molecule has 1 fully saturated rings. The van der Waals surface area contributed by atoms with Crippen LogP contribution >= 0.6 is 0 Å². The van der Waals surface area contributed by atoms with Gasteiger partial charge in [-0.05, 0) is 42.7 Å². The largest absolute Gasteiger partial charge is 0.454 e. The van der Waals surface area contributed by atoms with Crippen LogP contribution < -0.4 is 20.6 Å². The van der Waals surface area contributed by atoms with Gasteiger partial charge in [0.15, 0.2) is 17.2 Å². The van der Waals surface area contributed by atoms with Crippen LogP contribution in [0.15, 0.2) is 21.9 Å². The Kier molecular flexibility index (Phi) is 6.16. The van der Waals surface area contributed by atoms with Crippen molar-refractivity contribution in [1.82, 2.24) is 35.6 Å². The van der Waals surface area contributed by atoms with Crippen LogP contribution in [0.1, 0.15) is 47.9 Å². The van der Waals surface area contributed by atoms with Crippen molar-refractivity contribution in [1.29, 1.82) is 0 Å². The zero-order valence-electron chi connectivity index (χ0n) is 19.2. The van der Waals surface area contributed by atoms with Gasteiger partial charge in [-0.25, -0.2) is 10.1 Å². The monoisotopic (exact) mass is 498 g/mol. The first-order chi connectivity index (χ1) is 17.4. The summed E-state index contributed by atoms with van der Waals surface area (Å²) in [4.78, 5) is 26.1. The van der Waals surface area contributed by atoms with Crippen LogP contribution in [-0.4, -0.2) is 66.6 Å². The molecule has 1 aromatic carbocycles. The number of nitrogens with zero attached hydrogens (tertiary/aromatic N) is 8. The molecule has 0 spiro atoms. The molecule has 2 aliphatic heterocycles. The first-order valence-corrected chi connectivity index (χ1v) is 11.1. The fraction of sp³-hybridized carbons (Fsp3) is 0.400. The van der Waals surface area contributed by atoms with Crippen LogP contribution in [0.4, 0.5) is 11.5 Å².